The number of aliphatic hydroxyl groups is 1. The molecule has 3 heteroatoms. The normalized spacial score (nSPS) is 11.7. The van der Waals surface area contributed by atoms with Crippen LogP contribution in [0, 0.1) is 0 Å². The summed E-state index contributed by atoms with van der Waals surface area (Å²) >= 11 is 0. The summed E-state index contributed by atoms with van der Waals surface area (Å²) in [5, 5.41) is 13.5. The first-order chi connectivity index (χ1) is 7.61. The second-order valence-electron chi connectivity index (χ2n) is 4.56. The summed E-state index contributed by atoms with van der Waals surface area (Å²) in [4.78, 5) is 4.49. The van der Waals surface area contributed by atoms with Crippen molar-refractivity contribution in [3.8, 4) is 0 Å². The van der Waals surface area contributed by atoms with Crippen molar-refractivity contribution in [3.05, 3.63) is 36.4 Å². The molecule has 2 N–H and O–H groups in total. The van der Waals surface area contributed by atoms with Gasteiger partial charge in [-0.25, -0.2) is 4.98 Å². The zero-order chi connectivity index (χ0) is 11.6. The van der Waals surface area contributed by atoms with Crippen LogP contribution in [0.25, 0.3) is 10.9 Å². The van der Waals surface area contributed by atoms with Gasteiger partial charge in [-0.2, -0.15) is 0 Å². The van der Waals surface area contributed by atoms with E-state index in [0.717, 1.165) is 16.7 Å². The molecule has 3 nitrogen and oxygen atoms in total. The van der Waals surface area contributed by atoms with Crippen LogP contribution in [0.4, 0.5) is 5.82 Å². The fourth-order valence-electron chi connectivity index (χ4n) is 1.52. The Balaban J connectivity index is 2.33. The minimum Gasteiger partial charge on any atom is -0.394 e. The summed E-state index contributed by atoms with van der Waals surface area (Å²) in [5.41, 5.74) is 0.608. The maximum Gasteiger partial charge on any atom is 0.127 e. The molecule has 16 heavy (non-hydrogen) atoms. The van der Waals surface area contributed by atoms with Gasteiger partial charge in [0.1, 0.15) is 5.82 Å². The molecule has 0 bridgehead atoms. The summed E-state index contributed by atoms with van der Waals surface area (Å²) in [6.45, 7) is 3.94. The van der Waals surface area contributed by atoms with E-state index in [-0.39, 0.29) is 12.1 Å². The van der Waals surface area contributed by atoms with Crippen molar-refractivity contribution in [2.45, 2.75) is 19.4 Å². The highest BCUT2D eigenvalue weighted by atomic mass is 16.3. The smallest absolute Gasteiger partial charge is 0.127 e. The number of para-hydroxylation sites is 1. The van der Waals surface area contributed by atoms with E-state index in [1.807, 2.05) is 50.2 Å². The van der Waals surface area contributed by atoms with Gasteiger partial charge < -0.3 is 10.4 Å². The Morgan fingerprint density at radius 2 is 1.94 bits per heavy atom. The van der Waals surface area contributed by atoms with Gasteiger partial charge in [0.05, 0.1) is 17.7 Å². The highest BCUT2D eigenvalue weighted by Gasteiger charge is 2.16. The van der Waals surface area contributed by atoms with Gasteiger partial charge in [-0.3, -0.25) is 0 Å². The number of benzene rings is 1. The van der Waals surface area contributed by atoms with Crippen LogP contribution in [-0.2, 0) is 0 Å². The van der Waals surface area contributed by atoms with Crippen molar-refractivity contribution < 1.29 is 5.11 Å². The first-order valence-corrected chi connectivity index (χ1v) is 5.36. The summed E-state index contributed by atoms with van der Waals surface area (Å²) < 4.78 is 0. The van der Waals surface area contributed by atoms with Crippen molar-refractivity contribution in [1.82, 2.24) is 4.98 Å². The van der Waals surface area contributed by atoms with E-state index in [2.05, 4.69) is 10.3 Å². The molecule has 0 aliphatic carbocycles. The molecule has 2 aromatic rings. The monoisotopic (exact) mass is 216 g/mol. The first-order valence-electron chi connectivity index (χ1n) is 5.36. The number of nitrogens with zero attached hydrogens (tertiary/aromatic N) is 1. The van der Waals surface area contributed by atoms with E-state index in [9.17, 15) is 5.11 Å². The Morgan fingerprint density at radius 3 is 2.69 bits per heavy atom. The molecule has 0 unspecified atom stereocenters. The lowest BCUT2D eigenvalue weighted by molar-refractivity contribution is 0.234. The molecule has 0 amide bonds. The maximum atomic E-state index is 9.18. The van der Waals surface area contributed by atoms with Gasteiger partial charge in [0.15, 0.2) is 0 Å². The van der Waals surface area contributed by atoms with Crippen LogP contribution in [0.1, 0.15) is 13.8 Å². The van der Waals surface area contributed by atoms with E-state index in [1.165, 1.54) is 0 Å². The van der Waals surface area contributed by atoms with Crippen LogP contribution in [0.15, 0.2) is 36.4 Å². The highest BCUT2D eigenvalue weighted by Crippen LogP contribution is 2.17. The zero-order valence-corrected chi connectivity index (χ0v) is 9.57. The van der Waals surface area contributed by atoms with Gasteiger partial charge in [0.25, 0.3) is 0 Å². The van der Waals surface area contributed by atoms with Crippen LogP contribution in [0.5, 0.6) is 0 Å². The molecule has 84 valence electrons. The second-order valence-corrected chi connectivity index (χ2v) is 4.56. The molecule has 0 fully saturated rings. The molecule has 1 aromatic carbocycles. The third-order valence-electron chi connectivity index (χ3n) is 2.46. The van der Waals surface area contributed by atoms with Gasteiger partial charge >= 0.3 is 0 Å². The molecule has 0 saturated carbocycles. The molecule has 0 spiro atoms. The number of pyridine rings is 1. The SMILES string of the molecule is CC(C)(CO)Nc1ccc2ccccc2n1. The second kappa shape index (κ2) is 4.10. The van der Waals surface area contributed by atoms with E-state index >= 15 is 0 Å². The quantitative estimate of drug-likeness (QED) is 0.828. The minimum atomic E-state index is -0.352. The molecule has 2 rings (SSSR count). The Labute approximate surface area is 95.1 Å². The number of aliphatic hydroxyl groups excluding tert-OH is 1. The van der Waals surface area contributed by atoms with E-state index in [4.69, 9.17) is 0 Å². The summed E-state index contributed by atoms with van der Waals surface area (Å²) in [6.07, 6.45) is 0. The molecule has 0 radical (unpaired) electrons. The molecule has 0 aliphatic heterocycles. The van der Waals surface area contributed by atoms with Crippen molar-refractivity contribution in [2.75, 3.05) is 11.9 Å². The number of aromatic nitrogens is 1. The van der Waals surface area contributed by atoms with E-state index in [1.54, 1.807) is 0 Å². The molecular formula is C13H16N2O. The van der Waals surface area contributed by atoms with Gasteiger partial charge in [-0.1, -0.05) is 18.2 Å². The Bertz CT molecular complexity index is 494. The van der Waals surface area contributed by atoms with Crippen molar-refractivity contribution in [2.24, 2.45) is 0 Å². The molecule has 1 aromatic heterocycles. The molecule has 0 saturated heterocycles. The Hall–Kier alpha value is -1.61. The molecular weight excluding hydrogens is 200 g/mol. The standard InChI is InChI=1S/C13H16N2O/c1-13(2,9-16)15-12-8-7-10-5-3-4-6-11(10)14-12/h3-8,16H,9H2,1-2H3,(H,14,15). The Kier molecular flexibility index (Phi) is 2.79. The van der Waals surface area contributed by atoms with Crippen LogP contribution < -0.4 is 5.32 Å². The average molecular weight is 216 g/mol. The number of nitrogens with one attached hydrogen (secondary N) is 1. The Morgan fingerprint density at radius 1 is 1.19 bits per heavy atom. The average Bonchev–Trinajstić information content (AvgIpc) is 2.28. The van der Waals surface area contributed by atoms with Crippen molar-refractivity contribution in [1.29, 1.82) is 0 Å². The van der Waals surface area contributed by atoms with E-state index in [0.29, 0.717) is 0 Å². The van der Waals surface area contributed by atoms with Gasteiger partial charge in [-0.15, -0.1) is 0 Å². The zero-order valence-electron chi connectivity index (χ0n) is 9.57. The van der Waals surface area contributed by atoms with Crippen LogP contribution >= 0.6 is 0 Å². The third kappa shape index (κ3) is 2.31. The van der Waals surface area contributed by atoms with Crippen molar-refractivity contribution in [3.63, 3.8) is 0 Å². The fourth-order valence-corrected chi connectivity index (χ4v) is 1.52. The van der Waals surface area contributed by atoms with Crippen LogP contribution in [0.3, 0.4) is 0 Å². The maximum absolute atomic E-state index is 9.18. The van der Waals surface area contributed by atoms with Gasteiger partial charge in [0.2, 0.25) is 0 Å². The summed E-state index contributed by atoms with van der Waals surface area (Å²) in [6, 6.07) is 11.9. The van der Waals surface area contributed by atoms with Gasteiger partial charge in [0, 0.05) is 5.39 Å². The number of anilines is 1. The lowest BCUT2D eigenvalue weighted by Gasteiger charge is -2.24. The lowest BCUT2D eigenvalue weighted by atomic mass is 10.1. The van der Waals surface area contributed by atoms with E-state index < -0.39 is 0 Å². The number of hydrogen-bond donors (Lipinski definition) is 2. The minimum absolute atomic E-state index is 0.0709. The molecule has 0 atom stereocenters. The highest BCUT2D eigenvalue weighted by molar-refractivity contribution is 5.80. The third-order valence-corrected chi connectivity index (χ3v) is 2.46. The van der Waals surface area contributed by atoms with Crippen LogP contribution in [-0.4, -0.2) is 22.2 Å². The predicted octanol–water partition coefficient (Wildman–Crippen LogP) is 2.42. The summed E-state index contributed by atoms with van der Waals surface area (Å²) in [7, 11) is 0. The summed E-state index contributed by atoms with van der Waals surface area (Å²) in [5.74, 6) is 0.790. The van der Waals surface area contributed by atoms with Gasteiger partial charge in [-0.05, 0) is 32.0 Å². The topological polar surface area (TPSA) is 45.1 Å². The molecule has 0 aliphatic rings. The largest absolute Gasteiger partial charge is 0.394 e. The fraction of sp³-hybridized carbons (Fsp3) is 0.308. The first kappa shape index (κ1) is 10.9. The lowest BCUT2D eigenvalue weighted by Crippen LogP contribution is -2.35. The number of hydrogen-bond acceptors (Lipinski definition) is 3. The predicted molar refractivity (Wildman–Crippen MR) is 66.5 cm³/mol. The number of rotatable bonds is 3. The molecule has 1 heterocycles. The van der Waals surface area contributed by atoms with Crippen molar-refractivity contribution >= 4 is 16.7 Å². The number of fused-ring (bicyclic) bond motifs is 1. The van der Waals surface area contributed by atoms with Crippen LogP contribution in [0.2, 0.25) is 0 Å².